The Morgan fingerprint density at radius 1 is 1.05 bits per heavy atom. The van der Waals surface area contributed by atoms with E-state index in [-0.39, 0.29) is 5.78 Å². The van der Waals surface area contributed by atoms with E-state index in [1.807, 2.05) is 6.07 Å². The third-order valence-electron chi connectivity index (χ3n) is 3.67. The number of hydrogen-bond acceptors (Lipinski definition) is 3. The van der Waals surface area contributed by atoms with Crippen molar-refractivity contribution in [3.05, 3.63) is 51.3 Å². The van der Waals surface area contributed by atoms with Gasteiger partial charge in [0.05, 0.1) is 5.69 Å². The van der Waals surface area contributed by atoms with Gasteiger partial charge in [-0.2, -0.15) is 0 Å². The number of Topliss-reactive ketones (excluding diaryl/α,β-unsaturated/α-hetero) is 1. The Labute approximate surface area is 114 Å². The Balaban J connectivity index is 2.10. The van der Waals surface area contributed by atoms with Crippen molar-refractivity contribution in [1.29, 1.82) is 0 Å². The van der Waals surface area contributed by atoms with Crippen molar-refractivity contribution in [2.45, 2.75) is 31.7 Å². The Kier molecular flexibility index (Phi) is 3.14. The van der Waals surface area contributed by atoms with Gasteiger partial charge in [-0.05, 0) is 25.0 Å². The summed E-state index contributed by atoms with van der Waals surface area (Å²) < 4.78 is 2.23. The average Bonchev–Trinajstić information content (AvgIpc) is 2.75. The molecule has 0 aliphatic heterocycles. The molecule has 1 atom stereocenters. The van der Waals surface area contributed by atoms with Gasteiger partial charge in [-0.15, -0.1) is 0 Å². The number of hydrogen-bond donors (Lipinski definition) is 1. The third-order valence-corrected chi connectivity index (χ3v) is 3.67. The molecular weight excluding hydrogens is 258 g/mol. The number of nitrogens with one attached hydrogen (secondary N) is 1. The van der Waals surface area contributed by atoms with Gasteiger partial charge in [-0.25, -0.2) is 23.9 Å². The first-order valence-electron chi connectivity index (χ1n) is 6.70. The summed E-state index contributed by atoms with van der Waals surface area (Å²) in [6, 6.07) is 8.15. The fourth-order valence-corrected chi connectivity index (χ4v) is 2.65. The molecule has 3 rings (SSSR count). The molecule has 0 amide bonds. The average molecular weight is 273 g/mol. The minimum absolute atomic E-state index is 0.0137. The molecule has 2 aromatic rings. The topological polar surface area (TPSA) is 76.9 Å². The maximum Gasteiger partial charge on any atom is 0.352 e. The number of nitrogens with zero attached hydrogens (tertiary/aromatic N) is 2. The zero-order chi connectivity index (χ0) is 14.1. The normalized spacial score (nSPS) is 19.2. The first kappa shape index (κ1) is 12.7. The van der Waals surface area contributed by atoms with E-state index in [4.69, 9.17) is 0 Å². The summed E-state index contributed by atoms with van der Waals surface area (Å²) in [7, 11) is 0. The van der Waals surface area contributed by atoms with Crippen LogP contribution in [0.25, 0.3) is 5.69 Å². The third kappa shape index (κ3) is 2.03. The largest absolute Gasteiger partial charge is 0.352 e. The molecule has 1 aliphatic rings. The van der Waals surface area contributed by atoms with E-state index in [0.717, 1.165) is 17.4 Å². The second kappa shape index (κ2) is 4.96. The highest BCUT2D eigenvalue weighted by Gasteiger charge is 2.27. The number of rotatable bonds is 2. The molecule has 6 heteroatoms. The van der Waals surface area contributed by atoms with Crippen LogP contribution in [-0.4, -0.2) is 20.1 Å². The van der Waals surface area contributed by atoms with Crippen molar-refractivity contribution in [1.82, 2.24) is 14.3 Å². The van der Waals surface area contributed by atoms with E-state index in [9.17, 15) is 14.4 Å². The second-order valence-corrected chi connectivity index (χ2v) is 4.97. The van der Waals surface area contributed by atoms with Crippen LogP contribution >= 0.6 is 0 Å². The molecule has 1 heterocycles. The molecule has 0 saturated heterocycles. The van der Waals surface area contributed by atoms with Crippen molar-refractivity contribution in [3.63, 3.8) is 0 Å². The smallest absolute Gasteiger partial charge is 0.297 e. The van der Waals surface area contributed by atoms with Gasteiger partial charge in [0.15, 0.2) is 5.78 Å². The number of H-pyrrole nitrogens is 1. The molecule has 1 unspecified atom stereocenters. The number of ketones is 1. The highest BCUT2D eigenvalue weighted by atomic mass is 16.2. The molecule has 1 aromatic carbocycles. The lowest BCUT2D eigenvalue weighted by atomic mass is 9.94. The minimum atomic E-state index is -0.533. The Bertz CT molecular complexity index is 739. The van der Waals surface area contributed by atoms with Gasteiger partial charge >= 0.3 is 11.4 Å². The van der Waals surface area contributed by atoms with Crippen LogP contribution < -0.4 is 11.4 Å². The lowest BCUT2D eigenvalue weighted by Gasteiger charge is -2.19. The molecule has 1 aliphatic carbocycles. The van der Waals surface area contributed by atoms with E-state index in [1.165, 1.54) is 4.68 Å². The zero-order valence-electron chi connectivity index (χ0n) is 10.9. The van der Waals surface area contributed by atoms with Gasteiger partial charge in [-0.1, -0.05) is 24.6 Å². The molecule has 1 fully saturated rings. The molecule has 0 bridgehead atoms. The second-order valence-electron chi connectivity index (χ2n) is 4.97. The Morgan fingerprint density at radius 2 is 1.80 bits per heavy atom. The van der Waals surface area contributed by atoms with E-state index >= 15 is 0 Å². The van der Waals surface area contributed by atoms with Gasteiger partial charge < -0.3 is 0 Å². The zero-order valence-corrected chi connectivity index (χ0v) is 10.9. The van der Waals surface area contributed by atoms with Crippen LogP contribution in [0.4, 0.5) is 0 Å². The summed E-state index contributed by atoms with van der Waals surface area (Å²) in [5.41, 5.74) is -0.498. The predicted molar refractivity (Wildman–Crippen MR) is 73.2 cm³/mol. The SMILES string of the molecule is O=C1CCCCC1n1[nH]c(=O)n(-c2ccccc2)c1=O. The molecule has 1 aromatic heterocycles. The van der Waals surface area contributed by atoms with E-state index in [1.54, 1.807) is 24.3 Å². The van der Waals surface area contributed by atoms with E-state index < -0.39 is 17.4 Å². The standard InChI is InChI=1S/C14H15N3O3/c18-12-9-5-4-8-11(12)17-14(20)16(13(19)15-17)10-6-2-1-3-7-10/h1-3,6-7,11H,4-5,8-9H2,(H,15,19). The molecular formula is C14H15N3O3. The fourth-order valence-electron chi connectivity index (χ4n) is 2.65. The summed E-state index contributed by atoms with van der Waals surface area (Å²) >= 11 is 0. The molecule has 1 saturated carbocycles. The van der Waals surface area contributed by atoms with Crippen molar-refractivity contribution in [2.75, 3.05) is 0 Å². The van der Waals surface area contributed by atoms with Crippen LogP contribution in [0.15, 0.2) is 39.9 Å². The summed E-state index contributed by atoms with van der Waals surface area (Å²) in [4.78, 5) is 36.3. The van der Waals surface area contributed by atoms with E-state index in [0.29, 0.717) is 18.5 Å². The number of carbonyl (C=O) groups is 1. The van der Waals surface area contributed by atoms with Crippen LogP contribution in [0.5, 0.6) is 0 Å². The number of benzene rings is 1. The van der Waals surface area contributed by atoms with Crippen LogP contribution in [0, 0.1) is 0 Å². The summed E-state index contributed by atoms with van der Waals surface area (Å²) in [6.45, 7) is 0. The van der Waals surface area contributed by atoms with Gasteiger partial charge in [0, 0.05) is 6.42 Å². The maximum absolute atomic E-state index is 12.4. The summed E-state index contributed by atoms with van der Waals surface area (Å²) in [6.07, 6.45) is 2.82. The number of para-hydroxylation sites is 1. The Hall–Kier alpha value is -2.37. The summed E-state index contributed by atoms with van der Waals surface area (Å²) in [5.74, 6) is 0.0137. The quantitative estimate of drug-likeness (QED) is 0.887. The van der Waals surface area contributed by atoms with Crippen LogP contribution in [-0.2, 0) is 4.79 Å². The molecule has 20 heavy (non-hydrogen) atoms. The maximum atomic E-state index is 12.4. The van der Waals surface area contributed by atoms with Crippen molar-refractivity contribution >= 4 is 5.78 Å². The van der Waals surface area contributed by atoms with Gasteiger partial charge in [-0.3, -0.25) is 4.79 Å². The first-order chi connectivity index (χ1) is 9.68. The molecule has 6 nitrogen and oxygen atoms in total. The van der Waals surface area contributed by atoms with Crippen LogP contribution in [0.3, 0.4) is 0 Å². The monoisotopic (exact) mass is 273 g/mol. The Morgan fingerprint density at radius 3 is 2.50 bits per heavy atom. The molecule has 0 radical (unpaired) electrons. The lowest BCUT2D eigenvalue weighted by molar-refractivity contribution is -0.124. The number of aromatic amines is 1. The van der Waals surface area contributed by atoms with Crippen LogP contribution in [0.2, 0.25) is 0 Å². The highest BCUT2D eigenvalue weighted by Crippen LogP contribution is 2.22. The molecule has 0 spiro atoms. The van der Waals surface area contributed by atoms with Gasteiger partial charge in [0.1, 0.15) is 6.04 Å². The molecule has 104 valence electrons. The van der Waals surface area contributed by atoms with E-state index in [2.05, 4.69) is 5.10 Å². The predicted octanol–water partition coefficient (Wildman–Crippen LogP) is 1.01. The highest BCUT2D eigenvalue weighted by molar-refractivity contribution is 5.83. The number of aromatic nitrogens is 3. The van der Waals surface area contributed by atoms with Crippen LogP contribution in [0.1, 0.15) is 31.7 Å². The molecule has 1 N–H and O–H groups in total. The first-order valence-corrected chi connectivity index (χ1v) is 6.70. The van der Waals surface area contributed by atoms with Crippen molar-refractivity contribution in [3.8, 4) is 5.69 Å². The van der Waals surface area contributed by atoms with Gasteiger partial charge in [0.25, 0.3) is 0 Å². The van der Waals surface area contributed by atoms with Crippen molar-refractivity contribution < 1.29 is 4.79 Å². The minimum Gasteiger partial charge on any atom is -0.297 e. The summed E-state index contributed by atoms with van der Waals surface area (Å²) in [5, 5.41) is 2.50. The fraction of sp³-hybridized carbons (Fsp3) is 0.357. The lowest BCUT2D eigenvalue weighted by Crippen LogP contribution is -2.33. The number of carbonyl (C=O) groups excluding carboxylic acids is 1. The van der Waals surface area contributed by atoms with Crippen molar-refractivity contribution in [2.24, 2.45) is 0 Å². The van der Waals surface area contributed by atoms with Gasteiger partial charge in [0.2, 0.25) is 0 Å².